The number of nitrogens with one attached hydrogen (secondary N) is 2. The predicted octanol–water partition coefficient (Wildman–Crippen LogP) is 2.22. The number of hydrogen-bond acceptors (Lipinski definition) is 6. The first-order valence-corrected chi connectivity index (χ1v) is 8.02. The lowest BCUT2D eigenvalue weighted by Gasteiger charge is -2.12. The molecule has 0 unspecified atom stereocenters. The maximum absolute atomic E-state index is 12.2. The normalized spacial score (nSPS) is 10.4. The lowest BCUT2D eigenvalue weighted by Crippen LogP contribution is -2.22. The number of aryl methyl sites for hydroxylation is 1. The zero-order chi connectivity index (χ0) is 18.5. The fourth-order valence-electron chi connectivity index (χ4n) is 2.57. The van der Waals surface area contributed by atoms with Gasteiger partial charge in [-0.15, -0.1) is 5.10 Å². The molecular formula is C18H18N6O2. The molecule has 3 rings (SSSR count). The summed E-state index contributed by atoms with van der Waals surface area (Å²) in [6.45, 7) is 3.49. The van der Waals surface area contributed by atoms with Crippen molar-refractivity contribution < 1.29 is 9.59 Å². The molecule has 0 aliphatic rings. The van der Waals surface area contributed by atoms with Crippen molar-refractivity contribution in [3.63, 3.8) is 0 Å². The van der Waals surface area contributed by atoms with Crippen LogP contribution in [0.2, 0.25) is 0 Å². The van der Waals surface area contributed by atoms with Crippen LogP contribution >= 0.6 is 0 Å². The van der Waals surface area contributed by atoms with Gasteiger partial charge in [0.1, 0.15) is 6.33 Å². The molecular weight excluding hydrogens is 332 g/mol. The number of hydrogen-bond donors (Lipinski definition) is 2. The van der Waals surface area contributed by atoms with Crippen LogP contribution in [0.4, 0.5) is 11.4 Å². The number of ketones is 1. The molecule has 2 aromatic carbocycles. The summed E-state index contributed by atoms with van der Waals surface area (Å²) in [5.41, 5.74) is 3.62. The van der Waals surface area contributed by atoms with E-state index in [-0.39, 0.29) is 18.2 Å². The summed E-state index contributed by atoms with van der Waals surface area (Å²) in [4.78, 5) is 23.8. The Balaban J connectivity index is 1.63. The molecule has 0 saturated carbocycles. The van der Waals surface area contributed by atoms with E-state index in [1.165, 1.54) is 13.3 Å². The third-order valence-electron chi connectivity index (χ3n) is 3.83. The molecule has 0 atom stereocenters. The SMILES string of the molecule is CC(=O)c1ccccc1NC(=O)CNc1ccc(-n2cnnn2)c(C)c1. The number of carbonyl (C=O) groups excluding carboxylic acids is 2. The minimum atomic E-state index is -0.235. The van der Waals surface area contributed by atoms with Crippen LogP contribution in [-0.2, 0) is 4.79 Å². The Labute approximate surface area is 150 Å². The molecule has 3 aromatic rings. The lowest BCUT2D eigenvalue weighted by molar-refractivity contribution is -0.114. The molecule has 1 heterocycles. The molecule has 0 fully saturated rings. The largest absolute Gasteiger partial charge is 0.376 e. The molecule has 132 valence electrons. The molecule has 0 aliphatic carbocycles. The average Bonchev–Trinajstić information content (AvgIpc) is 3.14. The Morgan fingerprint density at radius 1 is 1.15 bits per heavy atom. The van der Waals surface area contributed by atoms with Gasteiger partial charge in [0.25, 0.3) is 0 Å². The third-order valence-corrected chi connectivity index (χ3v) is 3.83. The highest BCUT2D eigenvalue weighted by atomic mass is 16.2. The number of anilines is 2. The fourth-order valence-corrected chi connectivity index (χ4v) is 2.57. The van der Waals surface area contributed by atoms with E-state index in [9.17, 15) is 9.59 Å². The molecule has 0 saturated heterocycles. The summed E-state index contributed by atoms with van der Waals surface area (Å²) >= 11 is 0. The summed E-state index contributed by atoms with van der Waals surface area (Å²) < 4.78 is 1.57. The van der Waals surface area contributed by atoms with Crippen molar-refractivity contribution in [2.75, 3.05) is 17.2 Å². The number of para-hydroxylation sites is 1. The van der Waals surface area contributed by atoms with Crippen LogP contribution in [0.25, 0.3) is 5.69 Å². The number of amides is 1. The fraction of sp³-hybridized carbons (Fsp3) is 0.167. The number of aromatic nitrogens is 4. The van der Waals surface area contributed by atoms with E-state index in [2.05, 4.69) is 26.2 Å². The second kappa shape index (κ2) is 7.56. The molecule has 0 radical (unpaired) electrons. The topological polar surface area (TPSA) is 102 Å². The Hall–Kier alpha value is -3.55. The number of benzene rings is 2. The summed E-state index contributed by atoms with van der Waals surface area (Å²) in [5.74, 6) is -0.330. The maximum Gasteiger partial charge on any atom is 0.243 e. The first-order chi connectivity index (χ1) is 12.5. The van der Waals surface area contributed by atoms with Crippen LogP contribution in [0.1, 0.15) is 22.8 Å². The average molecular weight is 350 g/mol. The van der Waals surface area contributed by atoms with Gasteiger partial charge < -0.3 is 10.6 Å². The molecule has 8 heteroatoms. The Morgan fingerprint density at radius 2 is 1.96 bits per heavy atom. The monoisotopic (exact) mass is 350 g/mol. The van der Waals surface area contributed by atoms with Gasteiger partial charge in [0.15, 0.2) is 5.78 Å². The Bertz CT molecular complexity index is 937. The van der Waals surface area contributed by atoms with Crippen molar-refractivity contribution >= 4 is 23.1 Å². The Kier molecular flexibility index (Phi) is 5.02. The molecule has 26 heavy (non-hydrogen) atoms. The van der Waals surface area contributed by atoms with Crippen LogP contribution < -0.4 is 10.6 Å². The van der Waals surface area contributed by atoms with Crippen LogP contribution in [0, 0.1) is 6.92 Å². The highest BCUT2D eigenvalue weighted by molar-refractivity contribution is 6.04. The number of Topliss-reactive ketones (excluding diaryl/α,β-unsaturated/α-hetero) is 1. The number of tetrazole rings is 1. The minimum absolute atomic E-state index is 0.0793. The quantitative estimate of drug-likeness (QED) is 0.661. The molecule has 0 spiro atoms. The molecule has 1 amide bonds. The minimum Gasteiger partial charge on any atom is -0.376 e. The Morgan fingerprint density at radius 3 is 2.65 bits per heavy atom. The van der Waals surface area contributed by atoms with Crippen molar-refractivity contribution in [3.8, 4) is 5.69 Å². The van der Waals surface area contributed by atoms with Gasteiger partial charge in [0, 0.05) is 11.3 Å². The molecule has 8 nitrogen and oxygen atoms in total. The van der Waals surface area contributed by atoms with Crippen molar-refractivity contribution in [2.24, 2.45) is 0 Å². The molecule has 2 N–H and O–H groups in total. The maximum atomic E-state index is 12.2. The molecule has 1 aromatic heterocycles. The van der Waals surface area contributed by atoms with Gasteiger partial charge in [-0.1, -0.05) is 12.1 Å². The van der Waals surface area contributed by atoms with E-state index in [0.717, 1.165) is 16.9 Å². The van der Waals surface area contributed by atoms with Crippen molar-refractivity contribution in [1.82, 2.24) is 20.2 Å². The molecule has 0 bridgehead atoms. The summed E-state index contributed by atoms with van der Waals surface area (Å²) in [5, 5.41) is 16.9. The predicted molar refractivity (Wildman–Crippen MR) is 97.5 cm³/mol. The highest BCUT2D eigenvalue weighted by Gasteiger charge is 2.10. The van der Waals surface area contributed by atoms with Crippen LogP contribution in [0.5, 0.6) is 0 Å². The first kappa shape index (κ1) is 17.3. The second-order valence-electron chi connectivity index (χ2n) is 5.76. The summed E-state index contributed by atoms with van der Waals surface area (Å²) in [6, 6.07) is 12.6. The second-order valence-corrected chi connectivity index (χ2v) is 5.76. The van der Waals surface area contributed by atoms with Gasteiger partial charge in [0.2, 0.25) is 5.91 Å². The van der Waals surface area contributed by atoms with Gasteiger partial charge in [-0.25, -0.2) is 4.68 Å². The number of rotatable bonds is 6. The summed E-state index contributed by atoms with van der Waals surface area (Å²) in [6.07, 6.45) is 1.52. The van der Waals surface area contributed by atoms with E-state index in [1.807, 2.05) is 25.1 Å². The van der Waals surface area contributed by atoms with Gasteiger partial charge in [-0.2, -0.15) is 0 Å². The van der Waals surface area contributed by atoms with Crippen molar-refractivity contribution in [3.05, 3.63) is 59.9 Å². The van der Waals surface area contributed by atoms with Crippen LogP contribution in [0.15, 0.2) is 48.8 Å². The van der Waals surface area contributed by atoms with E-state index >= 15 is 0 Å². The number of nitrogens with zero attached hydrogens (tertiary/aromatic N) is 4. The first-order valence-electron chi connectivity index (χ1n) is 8.02. The zero-order valence-electron chi connectivity index (χ0n) is 14.4. The van der Waals surface area contributed by atoms with Crippen LogP contribution in [-0.4, -0.2) is 38.4 Å². The van der Waals surface area contributed by atoms with E-state index in [0.29, 0.717) is 11.3 Å². The lowest BCUT2D eigenvalue weighted by atomic mass is 10.1. The third kappa shape index (κ3) is 3.92. The van der Waals surface area contributed by atoms with Gasteiger partial charge in [-0.05, 0) is 60.2 Å². The van der Waals surface area contributed by atoms with Gasteiger partial charge in [-0.3, -0.25) is 9.59 Å². The smallest absolute Gasteiger partial charge is 0.243 e. The van der Waals surface area contributed by atoms with E-state index < -0.39 is 0 Å². The van der Waals surface area contributed by atoms with E-state index in [4.69, 9.17) is 0 Å². The zero-order valence-corrected chi connectivity index (χ0v) is 14.4. The van der Waals surface area contributed by atoms with Gasteiger partial charge in [0.05, 0.1) is 17.9 Å². The standard InChI is InChI=1S/C18H18N6O2/c1-12-9-14(7-8-17(12)24-11-20-22-23-24)19-10-18(26)21-16-6-4-3-5-15(16)13(2)25/h3-9,11,19H,10H2,1-2H3,(H,21,26). The van der Waals surface area contributed by atoms with Crippen molar-refractivity contribution in [1.29, 1.82) is 0 Å². The number of carbonyl (C=O) groups is 2. The highest BCUT2D eigenvalue weighted by Crippen LogP contribution is 2.18. The van der Waals surface area contributed by atoms with Crippen molar-refractivity contribution in [2.45, 2.75) is 13.8 Å². The molecule has 0 aliphatic heterocycles. The summed E-state index contributed by atoms with van der Waals surface area (Å²) in [7, 11) is 0. The van der Waals surface area contributed by atoms with E-state index in [1.54, 1.807) is 28.9 Å². The van der Waals surface area contributed by atoms with Gasteiger partial charge >= 0.3 is 0 Å². The van der Waals surface area contributed by atoms with Crippen LogP contribution in [0.3, 0.4) is 0 Å².